The molecule has 1 unspecified atom stereocenters. The molecule has 0 aliphatic carbocycles. The van der Waals surface area contributed by atoms with Gasteiger partial charge in [-0.05, 0) is 30.9 Å². The third kappa shape index (κ3) is 2.66. The van der Waals surface area contributed by atoms with Crippen molar-refractivity contribution in [2.45, 2.75) is 32.4 Å². The van der Waals surface area contributed by atoms with E-state index in [-0.39, 0.29) is 6.03 Å². The zero-order valence-corrected chi connectivity index (χ0v) is 12.1. The number of hydrogen-bond acceptors (Lipinski definition) is 2. The first-order chi connectivity index (χ1) is 9.78. The zero-order chi connectivity index (χ0) is 13.9. The second kappa shape index (κ2) is 5.83. The monoisotopic (exact) mass is 273 g/mol. The lowest BCUT2D eigenvalue weighted by Crippen LogP contribution is -2.43. The van der Waals surface area contributed by atoms with Gasteiger partial charge in [-0.25, -0.2) is 4.79 Å². The van der Waals surface area contributed by atoms with E-state index in [2.05, 4.69) is 34.5 Å². The van der Waals surface area contributed by atoms with Crippen LogP contribution in [0.25, 0.3) is 0 Å². The Kier molecular flexibility index (Phi) is 3.92. The predicted octanol–water partition coefficient (Wildman–Crippen LogP) is 1.85. The second-order valence-electron chi connectivity index (χ2n) is 5.71. The van der Waals surface area contributed by atoms with Gasteiger partial charge in [0, 0.05) is 38.8 Å². The molecule has 4 nitrogen and oxygen atoms in total. The summed E-state index contributed by atoms with van der Waals surface area (Å²) < 4.78 is 0. The third-order valence-corrected chi connectivity index (χ3v) is 4.46. The van der Waals surface area contributed by atoms with Gasteiger partial charge < -0.3 is 10.2 Å². The molecule has 0 saturated carbocycles. The Bertz CT molecular complexity index is 488. The molecule has 0 spiro atoms. The maximum atomic E-state index is 11.9. The van der Waals surface area contributed by atoms with E-state index in [9.17, 15) is 4.79 Å². The Morgan fingerprint density at radius 3 is 2.90 bits per heavy atom. The molecule has 0 radical (unpaired) electrons. The standard InChI is InChI=1S/C16H23N3O/c1-2-17-16(20)19-10-8-15(12-19)18-9-7-13-5-3-4-6-14(13)11-18/h3-6,15H,2,7-12H2,1H3,(H,17,20). The Morgan fingerprint density at radius 2 is 2.10 bits per heavy atom. The highest BCUT2D eigenvalue weighted by Gasteiger charge is 2.31. The molecular weight excluding hydrogens is 250 g/mol. The molecule has 1 saturated heterocycles. The van der Waals surface area contributed by atoms with Crippen molar-refractivity contribution in [2.75, 3.05) is 26.2 Å². The molecule has 2 amide bonds. The van der Waals surface area contributed by atoms with E-state index < -0.39 is 0 Å². The van der Waals surface area contributed by atoms with Gasteiger partial charge in [-0.1, -0.05) is 24.3 Å². The Morgan fingerprint density at radius 1 is 1.30 bits per heavy atom. The van der Waals surface area contributed by atoms with E-state index in [1.54, 1.807) is 0 Å². The smallest absolute Gasteiger partial charge is 0.317 e. The van der Waals surface area contributed by atoms with Gasteiger partial charge in [0.05, 0.1) is 0 Å². The first-order valence-corrected chi connectivity index (χ1v) is 7.61. The first kappa shape index (κ1) is 13.4. The highest BCUT2D eigenvalue weighted by molar-refractivity contribution is 5.74. The van der Waals surface area contributed by atoms with Crippen molar-refractivity contribution in [1.29, 1.82) is 0 Å². The number of hydrogen-bond donors (Lipinski definition) is 1. The van der Waals surface area contributed by atoms with Gasteiger partial charge in [-0.2, -0.15) is 0 Å². The molecule has 4 heteroatoms. The van der Waals surface area contributed by atoms with Crippen molar-refractivity contribution in [2.24, 2.45) is 0 Å². The molecule has 1 aromatic carbocycles. The summed E-state index contributed by atoms with van der Waals surface area (Å²) in [6.07, 6.45) is 2.23. The van der Waals surface area contributed by atoms with Crippen LogP contribution in [0, 0.1) is 0 Å². The third-order valence-electron chi connectivity index (χ3n) is 4.46. The minimum atomic E-state index is 0.0902. The minimum absolute atomic E-state index is 0.0902. The van der Waals surface area contributed by atoms with Crippen molar-refractivity contribution in [3.8, 4) is 0 Å². The molecule has 2 aliphatic rings. The van der Waals surface area contributed by atoms with Crippen molar-refractivity contribution < 1.29 is 4.79 Å². The number of nitrogens with zero attached hydrogens (tertiary/aromatic N) is 2. The van der Waals surface area contributed by atoms with Gasteiger partial charge >= 0.3 is 6.03 Å². The van der Waals surface area contributed by atoms with Crippen LogP contribution < -0.4 is 5.32 Å². The summed E-state index contributed by atoms with van der Waals surface area (Å²) in [7, 11) is 0. The molecule has 2 heterocycles. The van der Waals surface area contributed by atoms with Crippen LogP contribution in [-0.4, -0.2) is 48.1 Å². The molecule has 3 rings (SSSR count). The number of rotatable bonds is 2. The van der Waals surface area contributed by atoms with Gasteiger partial charge in [0.1, 0.15) is 0 Å². The van der Waals surface area contributed by atoms with E-state index in [0.29, 0.717) is 12.6 Å². The maximum absolute atomic E-state index is 11.9. The average molecular weight is 273 g/mol. The Hall–Kier alpha value is -1.55. The van der Waals surface area contributed by atoms with E-state index in [1.165, 1.54) is 11.1 Å². The van der Waals surface area contributed by atoms with Crippen molar-refractivity contribution in [1.82, 2.24) is 15.1 Å². The van der Waals surface area contributed by atoms with Gasteiger partial charge in [-0.3, -0.25) is 4.90 Å². The number of carbonyl (C=O) groups is 1. The number of likely N-dealkylation sites (tertiary alicyclic amines) is 1. The first-order valence-electron chi connectivity index (χ1n) is 7.61. The fourth-order valence-corrected chi connectivity index (χ4v) is 3.32. The van der Waals surface area contributed by atoms with Gasteiger partial charge in [0.2, 0.25) is 0 Å². The molecule has 20 heavy (non-hydrogen) atoms. The van der Waals surface area contributed by atoms with Gasteiger partial charge in [0.25, 0.3) is 0 Å². The normalized spacial score (nSPS) is 22.6. The van der Waals surface area contributed by atoms with Gasteiger partial charge in [0.15, 0.2) is 0 Å². The van der Waals surface area contributed by atoms with Crippen LogP contribution in [0.1, 0.15) is 24.5 Å². The number of urea groups is 1. The zero-order valence-electron chi connectivity index (χ0n) is 12.1. The molecule has 0 bridgehead atoms. The molecule has 2 aliphatic heterocycles. The van der Waals surface area contributed by atoms with Crippen LogP contribution in [0.5, 0.6) is 0 Å². The fourth-order valence-electron chi connectivity index (χ4n) is 3.32. The number of fused-ring (bicyclic) bond motifs is 1. The van der Waals surface area contributed by atoms with Crippen LogP contribution >= 0.6 is 0 Å². The molecular formula is C16H23N3O. The van der Waals surface area contributed by atoms with Crippen molar-refractivity contribution in [3.63, 3.8) is 0 Å². The molecule has 1 atom stereocenters. The molecule has 108 valence electrons. The summed E-state index contributed by atoms with van der Waals surface area (Å²) >= 11 is 0. The largest absolute Gasteiger partial charge is 0.338 e. The lowest BCUT2D eigenvalue weighted by atomic mass is 9.98. The summed E-state index contributed by atoms with van der Waals surface area (Å²) in [5.41, 5.74) is 2.94. The van der Waals surface area contributed by atoms with E-state index in [1.807, 2.05) is 11.8 Å². The summed E-state index contributed by atoms with van der Waals surface area (Å²) in [5, 5.41) is 2.90. The molecule has 1 N–H and O–H groups in total. The average Bonchev–Trinajstić information content (AvgIpc) is 2.97. The summed E-state index contributed by atoms with van der Waals surface area (Å²) in [5.74, 6) is 0. The summed E-state index contributed by atoms with van der Waals surface area (Å²) in [4.78, 5) is 16.4. The van der Waals surface area contributed by atoms with Crippen LogP contribution in [0.15, 0.2) is 24.3 Å². The van der Waals surface area contributed by atoms with Crippen molar-refractivity contribution in [3.05, 3.63) is 35.4 Å². The lowest BCUT2D eigenvalue weighted by Gasteiger charge is -2.33. The number of nitrogens with one attached hydrogen (secondary N) is 1. The number of benzene rings is 1. The molecule has 1 fully saturated rings. The van der Waals surface area contributed by atoms with Crippen molar-refractivity contribution >= 4 is 6.03 Å². The SMILES string of the molecule is CCNC(=O)N1CCC(N2CCc3ccccc3C2)C1. The fraction of sp³-hybridized carbons (Fsp3) is 0.562. The highest BCUT2D eigenvalue weighted by Crippen LogP contribution is 2.24. The van der Waals surface area contributed by atoms with E-state index in [0.717, 1.165) is 39.0 Å². The van der Waals surface area contributed by atoms with E-state index >= 15 is 0 Å². The minimum Gasteiger partial charge on any atom is -0.338 e. The number of amides is 2. The number of carbonyl (C=O) groups excluding carboxylic acids is 1. The van der Waals surface area contributed by atoms with Gasteiger partial charge in [-0.15, -0.1) is 0 Å². The Balaban J connectivity index is 1.61. The maximum Gasteiger partial charge on any atom is 0.317 e. The van der Waals surface area contributed by atoms with E-state index in [4.69, 9.17) is 0 Å². The van der Waals surface area contributed by atoms with Crippen LogP contribution in [-0.2, 0) is 13.0 Å². The molecule has 0 aromatic heterocycles. The lowest BCUT2D eigenvalue weighted by molar-refractivity contribution is 0.173. The molecule has 1 aromatic rings. The predicted molar refractivity (Wildman–Crippen MR) is 79.6 cm³/mol. The Labute approximate surface area is 120 Å². The topological polar surface area (TPSA) is 35.6 Å². The highest BCUT2D eigenvalue weighted by atomic mass is 16.2. The summed E-state index contributed by atoms with van der Waals surface area (Å²) in [6.45, 7) is 6.57. The second-order valence-corrected chi connectivity index (χ2v) is 5.71. The van der Waals surface area contributed by atoms with Crippen LogP contribution in [0.2, 0.25) is 0 Å². The summed E-state index contributed by atoms with van der Waals surface area (Å²) in [6, 6.07) is 9.33. The quantitative estimate of drug-likeness (QED) is 0.892. The van der Waals surface area contributed by atoms with Crippen LogP contribution in [0.3, 0.4) is 0 Å². The van der Waals surface area contributed by atoms with Crippen LogP contribution in [0.4, 0.5) is 4.79 Å².